The van der Waals surface area contributed by atoms with E-state index in [1.54, 1.807) is 12.1 Å². The van der Waals surface area contributed by atoms with Crippen LogP contribution in [0.1, 0.15) is 5.56 Å². The molecule has 0 amide bonds. The average molecular weight is 352 g/mol. The number of aromatic nitrogens is 3. The number of halogens is 4. The molecule has 0 spiro atoms. The minimum atomic E-state index is -4.38. The van der Waals surface area contributed by atoms with Gasteiger partial charge in [-0.05, 0) is 24.3 Å². The topological polar surface area (TPSA) is 47.9 Å². The quantitative estimate of drug-likeness (QED) is 0.623. The predicted molar refractivity (Wildman–Crippen MR) is 81.8 cm³/mol. The van der Waals surface area contributed by atoms with E-state index in [2.05, 4.69) is 15.0 Å². The van der Waals surface area contributed by atoms with Gasteiger partial charge in [-0.25, -0.2) is 15.0 Å². The summed E-state index contributed by atoms with van der Waals surface area (Å²) < 4.78 is 43.3. The molecular weight excluding hydrogens is 343 g/mol. The molecular formula is C16H9ClF3N3O. The maximum atomic E-state index is 12.6. The zero-order valence-corrected chi connectivity index (χ0v) is 12.7. The third kappa shape index (κ3) is 3.62. The fraction of sp³-hybridized carbons (Fsp3) is 0.0625. The van der Waals surface area contributed by atoms with Crippen LogP contribution in [0.5, 0.6) is 11.6 Å². The van der Waals surface area contributed by atoms with Gasteiger partial charge in [0.05, 0.1) is 11.3 Å². The first kappa shape index (κ1) is 16.2. The van der Waals surface area contributed by atoms with E-state index in [1.165, 1.54) is 30.7 Å². The van der Waals surface area contributed by atoms with E-state index in [0.29, 0.717) is 17.0 Å². The molecule has 4 nitrogen and oxygen atoms in total. The number of hydrogen-bond donors (Lipinski definition) is 0. The van der Waals surface area contributed by atoms with E-state index >= 15 is 0 Å². The van der Waals surface area contributed by atoms with Crippen LogP contribution in [0.15, 0.2) is 55.0 Å². The van der Waals surface area contributed by atoms with Crippen molar-refractivity contribution in [3.8, 4) is 22.9 Å². The van der Waals surface area contributed by atoms with Crippen LogP contribution >= 0.6 is 11.6 Å². The Balaban J connectivity index is 1.87. The maximum Gasteiger partial charge on any atom is 0.416 e. The Hall–Kier alpha value is -2.67. The number of hydrogen-bond acceptors (Lipinski definition) is 4. The Bertz CT molecular complexity index is 854. The first-order valence-electron chi connectivity index (χ1n) is 6.71. The largest absolute Gasteiger partial charge is 0.436 e. The average Bonchev–Trinajstić information content (AvgIpc) is 2.57. The van der Waals surface area contributed by atoms with E-state index in [-0.39, 0.29) is 11.0 Å². The summed E-state index contributed by atoms with van der Waals surface area (Å²) in [5.74, 6) is 0.519. The normalized spacial score (nSPS) is 11.3. The third-order valence-corrected chi connectivity index (χ3v) is 3.37. The number of ether oxygens (including phenoxy) is 1. The van der Waals surface area contributed by atoms with Crippen LogP contribution < -0.4 is 4.74 Å². The van der Waals surface area contributed by atoms with E-state index in [9.17, 15) is 13.2 Å². The first-order chi connectivity index (χ1) is 11.4. The Morgan fingerprint density at radius 3 is 2.38 bits per heavy atom. The van der Waals surface area contributed by atoms with Crippen molar-refractivity contribution in [2.24, 2.45) is 0 Å². The molecule has 24 heavy (non-hydrogen) atoms. The first-order valence-corrected chi connectivity index (χ1v) is 7.09. The molecule has 0 fully saturated rings. The van der Waals surface area contributed by atoms with Gasteiger partial charge in [-0.15, -0.1) is 0 Å². The summed E-state index contributed by atoms with van der Waals surface area (Å²) in [7, 11) is 0. The van der Waals surface area contributed by atoms with Crippen LogP contribution in [-0.2, 0) is 6.18 Å². The van der Waals surface area contributed by atoms with Gasteiger partial charge in [0.2, 0.25) is 5.88 Å². The molecule has 8 heteroatoms. The number of alkyl halides is 3. The summed E-state index contributed by atoms with van der Waals surface area (Å²) in [6.45, 7) is 0. The monoisotopic (exact) mass is 351 g/mol. The van der Waals surface area contributed by atoms with Crippen molar-refractivity contribution < 1.29 is 17.9 Å². The highest BCUT2D eigenvalue weighted by Crippen LogP contribution is 2.31. The molecule has 0 unspecified atom stereocenters. The lowest BCUT2D eigenvalue weighted by Crippen LogP contribution is -2.04. The fourth-order valence-electron chi connectivity index (χ4n) is 1.94. The van der Waals surface area contributed by atoms with Gasteiger partial charge in [-0.3, -0.25) is 0 Å². The highest BCUT2D eigenvalue weighted by atomic mass is 35.5. The lowest BCUT2D eigenvalue weighted by atomic mass is 10.1. The molecule has 0 aliphatic heterocycles. The van der Waals surface area contributed by atoms with E-state index in [1.807, 2.05) is 0 Å². The molecule has 122 valence electrons. The molecule has 3 aromatic rings. The molecule has 2 heterocycles. The van der Waals surface area contributed by atoms with Gasteiger partial charge in [-0.2, -0.15) is 13.2 Å². The summed E-state index contributed by atoms with van der Waals surface area (Å²) in [5.41, 5.74) is 0.209. The zero-order valence-electron chi connectivity index (χ0n) is 12.0. The van der Waals surface area contributed by atoms with Crippen LogP contribution in [-0.4, -0.2) is 15.0 Å². The van der Waals surface area contributed by atoms with Crippen molar-refractivity contribution in [2.75, 3.05) is 0 Å². The van der Waals surface area contributed by atoms with Crippen molar-refractivity contribution in [3.05, 3.63) is 65.7 Å². The minimum Gasteiger partial charge on any atom is -0.436 e. The molecule has 0 atom stereocenters. The van der Waals surface area contributed by atoms with E-state index < -0.39 is 11.7 Å². The van der Waals surface area contributed by atoms with E-state index in [0.717, 1.165) is 12.1 Å². The molecule has 0 radical (unpaired) electrons. The number of benzene rings is 1. The van der Waals surface area contributed by atoms with Crippen LogP contribution in [0.3, 0.4) is 0 Å². The van der Waals surface area contributed by atoms with Crippen molar-refractivity contribution in [3.63, 3.8) is 0 Å². The van der Waals surface area contributed by atoms with Crippen LogP contribution in [0, 0.1) is 0 Å². The summed E-state index contributed by atoms with van der Waals surface area (Å²) in [6.07, 6.45) is -1.61. The molecule has 0 N–H and O–H groups in total. The van der Waals surface area contributed by atoms with Gasteiger partial charge < -0.3 is 4.74 Å². The summed E-state index contributed by atoms with van der Waals surface area (Å²) in [4.78, 5) is 11.9. The third-order valence-electron chi connectivity index (χ3n) is 3.09. The lowest BCUT2D eigenvalue weighted by molar-refractivity contribution is -0.137. The fourth-order valence-corrected chi connectivity index (χ4v) is 2.10. The molecule has 3 rings (SSSR count). The summed E-state index contributed by atoms with van der Waals surface area (Å²) >= 11 is 5.91. The van der Waals surface area contributed by atoms with Crippen LogP contribution in [0.2, 0.25) is 5.15 Å². The number of pyridine rings is 1. The van der Waals surface area contributed by atoms with Crippen molar-refractivity contribution in [1.82, 2.24) is 15.0 Å². The van der Waals surface area contributed by atoms with Gasteiger partial charge in [0.1, 0.15) is 6.33 Å². The van der Waals surface area contributed by atoms with Gasteiger partial charge >= 0.3 is 6.18 Å². The molecule has 1 aromatic carbocycles. The predicted octanol–water partition coefficient (Wildman–Crippen LogP) is 5.00. The van der Waals surface area contributed by atoms with Crippen molar-refractivity contribution >= 4 is 11.6 Å². The number of nitrogens with zero attached hydrogens (tertiary/aromatic N) is 3. The standard InChI is InChI=1S/C16H9ClF3N3O/c17-15-13(2-1-7-21-15)24-14-8-12(22-9-23-14)10-3-5-11(6-4-10)16(18,19)20/h1-9H. The Morgan fingerprint density at radius 2 is 1.71 bits per heavy atom. The highest BCUT2D eigenvalue weighted by Gasteiger charge is 2.30. The second-order valence-corrected chi connectivity index (χ2v) is 5.07. The summed E-state index contributed by atoms with van der Waals surface area (Å²) in [5, 5.41) is 0.173. The van der Waals surface area contributed by atoms with Crippen molar-refractivity contribution in [2.45, 2.75) is 6.18 Å². The van der Waals surface area contributed by atoms with Gasteiger partial charge in [0, 0.05) is 17.8 Å². The maximum absolute atomic E-state index is 12.6. The molecule has 0 aliphatic carbocycles. The molecule has 0 aliphatic rings. The molecule has 0 saturated heterocycles. The highest BCUT2D eigenvalue weighted by molar-refractivity contribution is 6.30. The van der Waals surface area contributed by atoms with E-state index in [4.69, 9.17) is 16.3 Å². The van der Waals surface area contributed by atoms with Gasteiger partial charge in [0.15, 0.2) is 10.9 Å². The lowest BCUT2D eigenvalue weighted by Gasteiger charge is -2.09. The molecule has 2 aromatic heterocycles. The van der Waals surface area contributed by atoms with Crippen LogP contribution in [0.4, 0.5) is 13.2 Å². The Labute approximate surface area is 139 Å². The Morgan fingerprint density at radius 1 is 0.958 bits per heavy atom. The SMILES string of the molecule is FC(F)(F)c1ccc(-c2cc(Oc3cccnc3Cl)ncn2)cc1. The van der Waals surface area contributed by atoms with Crippen molar-refractivity contribution in [1.29, 1.82) is 0 Å². The minimum absolute atomic E-state index is 0.173. The van der Waals surface area contributed by atoms with Gasteiger partial charge in [-0.1, -0.05) is 23.7 Å². The molecule has 0 saturated carbocycles. The smallest absolute Gasteiger partial charge is 0.416 e. The molecule has 0 bridgehead atoms. The zero-order chi connectivity index (χ0) is 17.2. The Kier molecular flexibility index (Phi) is 4.35. The second-order valence-electron chi connectivity index (χ2n) is 4.71. The second kappa shape index (κ2) is 6.45. The summed E-state index contributed by atoms with van der Waals surface area (Å²) in [6, 6.07) is 9.45. The van der Waals surface area contributed by atoms with Crippen LogP contribution in [0.25, 0.3) is 11.3 Å². The number of rotatable bonds is 3. The van der Waals surface area contributed by atoms with Gasteiger partial charge in [0.25, 0.3) is 0 Å².